The lowest BCUT2D eigenvalue weighted by atomic mass is 10.1. The summed E-state index contributed by atoms with van der Waals surface area (Å²) < 4.78 is 2.12. The highest BCUT2D eigenvalue weighted by Crippen LogP contribution is 2.32. The number of aromatic nitrogens is 1. The summed E-state index contributed by atoms with van der Waals surface area (Å²) in [5, 5.41) is 4.05. The van der Waals surface area contributed by atoms with Gasteiger partial charge in [-0.25, -0.2) is 0 Å². The third kappa shape index (κ3) is 3.30. The molecule has 1 amide bonds. The van der Waals surface area contributed by atoms with E-state index in [0.717, 1.165) is 33.4 Å². The Morgan fingerprint density at radius 3 is 2.39 bits per heavy atom. The van der Waals surface area contributed by atoms with E-state index in [1.165, 1.54) is 0 Å². The minimum Gasteiger partial charge on any atom is -0.325 e. The second-order valence-corrected chi connectivity index (χ2v) is 7.05. The van der Waals surface area contributed by atoms with Crippen molar-refractivity contribution in [3.8, 4) is 11.3 Å². The van der Waals surface area contributed by atoms with Crippen LogP contribution in [0.1, 0.15) is 29.0 Å². The first kappa shape index (κ1) is 18.0. The van der Waals surface area contributed by atoms with Crippen molar-refractivity contribution in [1.29, 1.82) is 0 Å². The summed E-state index contributed by atoms with van der Waals surface area (Å²) in [6.45, 7) is 3.91. The normalized spacial score (nSPS) is 12.1. The van der Waals surface area contributed by atoms with E-state index in [9.17, 15) is 4.79 Å². The molecule has 0 saturated carbocycles. The third-order valence-corrected chi connectivity index (χ3v) is 4.96. The molecule has 28 heavy (non-hydrogen) atoms. The van der Waals surface area contributed by atoms with Crippen molar-refractivity contribution in [3.05, 3.63) is 90.0 Å². The average molecular weight is 369 g/mol. The number of hydrogen-bond donors (Lipinski definition) is 2. The number of carbonyl (C=O) groups excluding carboxylic acids is 1. The van der Waals surface area contributed by atoms with Crippen LogP contribution >= 0.6 is 0 Å². The summed E-state index contributed by atoms with van der Waals surface area (Å²) in [6, 6.07) is 25.8. The quantitative estimate of drug-likeness (QED) is 0.510. The fraction of sp³-hybridized carbons (Fsp3) is 0.125. The fourth-order valence-electron chi connectivity index (χ4n) is 3.61. The Kier molecular flexibility index (Phi) is 4.72. The van der Waals surface area contributed by atoms with E-state index < -0.39 is 0 Å². The van der Waals surface area contributed by atoms with Crippen molar-refractivity contribution in [1.82, 2.24) is 4.57 Å². The molecule has 1 aromatic heterocycles. The van der Waals surface area contributed by atoms with E-state index in [-0.39, 0.29) is 12.1 Å². The van der Waals surface area contributed by atoms with Gasteiger partial charge in [-0.2, -0.15) is 0 Å². The number of anilines is 1. The first-order valence-electron chi connectivity index (χ1n) is 9.37. The van der Waals surface area contributed by atoms with Crippen molar-refractivity contribution in [2.45, 2.75) is 20.0 Å². The molecule has 0 radical (unpaired) electrons. The Morgan fingerprint density at radius 1 is 0.964 bits per heavy atom. The highest BCUT2D eigenvalue weighted by molar-refractivity contribution is 6.06. The van der Waals surface area contributed by atoms with E-state index in [0.29, 0.717) is 5.56 Å². The minimum absolute atomic E-state index is 0.104. The second kappa shape index (κ2) is 7.33. The molecule has 0 saturated heterocycles. The summed E-state index contributed by atoms with van der Waals surface area (Å²) in [5.41, 5.74) is 11.9. The predicted molar refractivity (Wildman–Crippen MR) is 115 cm³/mol. The summed E-state index contributed by atoms with van der Waals surface area (Å²) in [4.78, 5) is 12.6. The average Bonchev–Trinajstić information content (AvgIpc) is 3.08. The molecule has 0 spiro atoms. The van der Waals surface area contributed by atoms with Crippen LogP contribution in [-0.2, 0) is 0 Å². The summed E-state index contributed by atoms with van der Waals surface area (Å²) >= 11 is 0. The van der Waals surface area contributed by atoms with Gasteiger partial charge in [-0.05, 0) is 55.3 Å². The smallest absolute Gasteiger partial charge is 0.255 e. The second-order valence-electron chi connectivity index (χ2n) is 7.05. The van der Waals surface area contributed by atoms with E-state index in [4.69, 9.17) is 5.73 Å². The van der Waals surface area contributed by atoms with Crippen LogP contribution in [0.15, 0.2) is 78.9 Å². The molecule has 4 aromatic rings. The lowest BCUT2D eigenvalue weighted by Crippen LogP contribution is -2.15. The third-order valence-electron chi connectivity index (χ3n) is 4.96. The van der Waals surface area contributed by atoms with Gasteiger partial charge in [0.25, 0.3) is 5.91 Å². The topological polar surface area (TPSA) is 60.0 Å². The van der Waals surface area contributed by atoms with E-state index in [1.807, 2.05) is 74.5 Å². The zero-order chi connectivity index (χ0) is 19.7. The molecule has 1 atom stereocenters. The van der Waals surface area contributed by atoms with Gasteiger partial charge in [-0.3, -0.25) is 4.79 Å². The molecule has 4 rings (SSSR count). The van der Waals surface area contributed by atoms with E-state index in [2.05, 4.69) is 28.1 Å². The Hall–Kier alpha value is -3.37. The molecule has 0 bridgehead atoms. The number of aryl methyl sites for hydroxylation is 1. The van der Waals surface area contributed by atoms with Gasteiger partial charge < -0.3 is 15.6 Å². The largest absolute Gasteiger partial charge is 0.325 e. The van der Waals surface area contributed by atoms with Crippen LogP contribution < -0.4 is 11.1 Å². The molecule has 0 aliphatic heterocycles. The van der Waals surface area contributed by atoms with E-state index in [1.54, 1.807) is 0 Å². The fourth-order valence-corrected chi connectivity index (χ4v) is 3.61. The molecule has 1 heterocycles. The monoisotopic (exact) mass is 369 g/mol. The van der Waals surface area contributed by atoms with Crippen molar-refractivity contribution in [2.24, 2.45) is 5.73 Å². The van der Waals surface area contributed by atoms with Crippen LogP contribution in [-0.4, -0.2) is 10.5 Å². The van der Waals surface area contributed by atoms with Crippen LogP contribution in [0, 0.1) is 6.92 Å². The lowest BCUT2D eigenvalue weighted by molar-refractivity contribution is 0.102. The van der Waals surface area contributed by atoms with E-state index >= 15 is 0 Å². The summed E-state index contributed by atoms with van der Waals surface area (Å²) in [6.07, 6.45) is -0.167. The van der Waals surface area contributed by atoms with Crippen molar-refractivity contribution >= 4 is 22.5 Å². The van der Waals surface area contributed by atoms with Gasteiger partial charge in [0.2, 0.25) is 0 Å². The number of rotatable bonds is 4. The molecular weight excluding hydrogens is 346 g/mol. The highest BCUT2D eigenvalue weighted by atomic mass is 16.1. The van der Waals surface area contributed by atoms with Crippen LogP contribution in [0.25, 0.3) is 22.2 Å². The molecule has 0 fully saturated rings. The maximum absolute atomic E-state index is 12.6. The first-order chi connectivity index (χ1) is 13.5. The molecule has 4 heteroatoms. The molecule has 4 nitrogen and oxygen atoms in total. The molecule has 0 aliphatic rings. The van der Waals surface area contributed by atoms with Gasteiger partial charge in [0.15, 0.2) is 0 Å². The zero-order valence-corrected chi connectivity index (χ0v) is 16.0. The van der Waals surface area contributed by atoms with Crippen molar-refractivity contribution in [2.75, 3.05) is 5.32 Å². The Morgan fingerprint density at radius 2 is 1.68 bits per heavy atom. The van der Waals surface area contributed by atoms with Gasteiger partial charge >= 0.3 is 0 Å². The Balaban J connectivity index is 1.74. The molecule has 3 N–H and O–H groups in total. The number of hydrogen-bond acceptors (Lipinski definition) is 2. The summed E-state index contributed by atoms with van der Waals surface area (Å²) in [5.74, 6) is -0.104. The van der Waals surface area contributed by atoms with Gasteiger partial charge in [0.1, 0.15) is 0 Å². The number of nitrogens with one attached hydrogen (secondary N) is 1. The number of nitrogens with two attached hydrogens (primary N) is 1. The lowest BCUT2D eigenvalue weighted by Gasteiger charge is -2.15. The van der Waals surface area contributed by atoms with Gasteiger partial charge in [0, 0.05) is 16.6 Å². The molecule has 0 aliphatic carbocycles. The summed E-state index contributed by atoms with van der Waals surface area (Å²) in [7, 11) is 0. The predicted octanol–water partition coefficient (Wildman–Crippen LogP) is 5.35. The first-order valence-corrected chi connectivity index (χ1v) is 9.37. The SMILES string of the molecule is Cc1ccccc1C(=O)Nc1ccc2c(c1)cc(-c1ccccc1)n2C(C)N. The zero-order valence-electron chi connectivity index (χ0n) is 16.0. The van der Waals surface area contributed by atoms with Crippen molar-refractivity contribution < 1.29 is 4.79 Å². The standard InChI is InChI=1S/C24H23N3O/c1-16-8-6-7-11-21(16)24(28)26-20-12-13-22-19(14-20)15-23(27(22)17(2)25)18-9-4-3-5-10-18/h3-15,17H,25H2,1-2H3,(H,26,28). The maximum atomic E-state index is 12.6. The highest BCUT2D eigenvalue weighted by Gasteiger charge is 2.15. The molecule has 3 aromatic carbocycles. The molecule has 1 unspecified atom stereocenters. The Labute approximate surface area is 164 Å². The van der Waals surface area contributed by atoms with Gasteiger partial charge in [-0.15, -0.1) is 0 Å². The van der Waals surface area contributed by atoms with Crippen LogP contribution in [0.5, 0.6) is 0 Å². The Bertz CT molecular complexity index is 1140. The maximum Gasteiger partial charge on any atom is 0.255 e. The minimum atomic E-state index is -0.167. The van der Waals surface area contributed by atoms with Gasteiger partial charge in [-0.1, -0.05) is 48.5 Å². The number of amides is 1. The molecular formula is C24H23N3O. The number of carbonyl (C=O) groups is 1. The van der Waals surface area contributed by atoms with Crippen molar-refractivity contribution in [3.63, 3.8) is 0 Å². The van der Waals surface area contributed by atoms with Crippen LogP contribution in [0.2, 0.25) is 0 Å². The number of benzene rings is 3. The van der Waals surface area contributed by atoms with Crippen LogP contribution in [0.3, 0.4) is 0 Å². The number of fused-ring (bicyclic) bond motifs is 1. The number of nitrogens with zero attached hydrogens (tertiary/aromatic N) is 1. The van der Waals surface area contributed by atoms with Crippen LogP contribution in [0.4, 0.5) is 5.69 Å². The molecule has 140 valence electrons. The van der Waals surface area contributed by atoms with Gasteiger partial charge in [0.05, 0.1) is 17.4 Å².